The van der Waals surface area contributed by atoms with E-state index in [-0.39, 0.29) is 12.1 Å². The minimum absolute atomic E-state index is 0.0552. The number of halogens is 3. The van der Waals surface area contributed by atoms with Crippen molar-refractivity contribution in [2.75, 3.05) is 26.2 Å². The number of hydrogen-bond donors (Lipinski definition) is 2. The number of alkyl halides is 3. The van der Waals surface area contributed by atoms with Gasteiger partial charge in [-0.25, -0.2) is 4.79 Å². The van der Waals surface area contributed by atoms with Crippen LogP contribution in [0.3, 0.4) is 0 Å². The lowest BCUT2D eigenvalue weighted by atomic mass is 10.0. The molecular formula is C18H24F3N3O. The average Bonchev–Trinajstić information content (AvgIpc) is 2.97. The first-order valence-electron chi connectivity index (χ1n) is 8.82. The molecule has 1 saturated heterocycles. The minimum Gasteiger partial charge on any atom is -0.338 e. The summed E-state index contributed by atoms with van der Waals surface area (Å²) in [6.07, 6.45) is -0.974. The number of fused-ring (bicyclic) bond motifs is 1. The van der Waals surface area contributed by atoms with Crippen LogP contribution in [0.25, 0.3) is 0 Å². The molecular weight excluding hydrogens is 331 g/mol. The van der Waals surface area contributed by atoms with E-state index < -0.39 is 12.7 Å². The summed E-state index contributed by atoms with van der Waals surface area (Å²) >= 11 is 0. The Morgan fingerprint density at radius 1 is 1.16 bits per heavy atom. The Hall–Kier alpha value is -1.76. The highest BCUT2D eigenvalue weighted by Crippen LogP contribution is 2.32. The molecule has 1 atom stereocenters. The van der Waals surface area contributed by atoms with Gasteiger partial charge in [-0.05, 0) is 36.8 Å². The monoisotopic (exact) mass is 355 g/mol. The molecule has 1 aromatic rings. The van der Waals surface area contributed by atoms with Crippen LogP contribution < -0.4 is 10.6 Å². The number of carbonyl (C=O) groups excluding carboxylic acids is 1. The highest BCUT2D eigenvalue weighted by atomic mass is 19.4. The second kappa shape index (κ2) is 7.64. The normalized spacial score (nSPS) is 21.8. The zero-order valence-corrected chi connectivity index (χ0v) is 14.1. The van der Waals surface area contributed by atoms with E-state index in [1.54, 1.807) is 0 Å². The van der Waals surface area contributed by atoms with Gasteiger partial charge in [-0.3, -0.25) is 4.90 Å². The number of carbonyl (C=O) groups is 1. The number of benzene rings is 1. The molecule has 0 bridgehead atoms. The van der Waals surface area contributed by atoms with Crippen molar-refractivity contribution in [1.29, 1.82) is 0 Å². The minimum atomic E-state index is -4.16. The number of aryl methyl sites for hydroxylation is 1. The quantitative estimate of drug-likeness (QED) is 0.872. The molecule has 1 fully saturated rings. The summed E-state index contributed by atoms with van der Waals surface area (Å²) in [5.41, 5.74) is 2.66. The number of urea groups is 1. The van der Waals surface area contributed by atoms with Crippen molar-refractivity contribution < 1.29 is 18.0 Å². The van der Waals surface area contributed by atoms with Gasteiger partial charge in [0.1, 0.15) is 0 Å². The number of piperidine rings is 1. The van der Waals surface area contributed by atoms with Gasteiger partial charge in [0.25, 0.3) is 0 Å². The van der Waals surface area contributed by atoms with Gasteiger partial charge in [-0.1, -0.05) is 24.3 Å². The maximum atomic E-state index is 12.4. The van der Waals surface area contributed by atoms with Crippen LogP contribution in [-0.4, -0.2) is 49.3 Å². The van der Waals surface area contributed by atoms with Crippen LogP contribution >= 0.6 is 0 Å². The molecule has 1 unspecified atom stereocenters. The zero-order valence-electron chi connectivity index (χ0n) is 14.1. The molecule has 138 valence electrons. The molecule has 0 radical (unpaired) electrons. The molecule has 4 nitrogen and oxygen atoms in total. The fraction of sp³-hybridized carbons (Fsp3) is 0.611. The van der Waals surface area contributed by atoms with Gasteiger partial charge in [0.2, 0.25) is 0 Å². The maximum absolute atomic E-state index is 12.4. The van der Waals surface area contributed by atoms with Crippen molar-refractivity contribution >= 4 is 6.03 Å². The summed E-state index contributed by atoms with van der Waals surface area (Å²) in [6.45, 7) is 0.448. The van der Waals surface area contributed by atoms with Crippen LogP contribution in [0.15, 0.2) is 24.3 Å². The molecule has 1 aromatic carbocycles. The topological polar surface area (TPSA) is 44.4 Å². The van der Waals surface area contributed by atoms with Crippen molar-refractivity contribution in [2.24, 2.45) is 0 Å². The number of amides is 2. The maximum Gasteiger partial charge on any atom is 0.401 e. The standard InChI is InChI=1S/C18H24F3N3O/c19-18(20,21)12-24-9-7-15(8-10-24)23-17(25)22-11-14-6-5-13-3-1-2-4-16(13)14/h1-4,14-15H,5-12H2,(H2,22,23,25). The van der Waals surface area contributed by atoms with E-state index in [2.05, 4.69) is 22.8 Å². The van der Waals surface area contributed by atoms with Crippen LogP contribution in [-0.2, 0) is 6.42 Å². The van der Waals surface area contributed by atoms with Crippen LogP contribution in [0.5, 0.6) is 0 Å². The van der Waals surface area contributed by atoms with Gasteiger partial charge in [0.05, 0.1) is 6.54 Å². The number of nitrogens with zero attached hydrogens (tertiary/aromatic N) is 1. The lowest BCUT2D eigenvalue weighted by molar-refractivity contribution is -0.148. The fourth-order valence-corrected chi connectivity index (χ4v) is 3.80. The number of hydrogen-bond acceptors (Lipinski definition) is 2. The molecule has 1 heterocycles. The Morgan fingerprint density at radius 3 is 2.60 bits per heavy atom. The third kappa shape index (κ3) is 5.11. The van der Waals surface area contributed by atoms with Crippen LogP contribution in [0, 0.1) is 0 Å². The largest absolute Gasteiger partial charge is 0.401 e. The number of rotatable bonds is 4. The van der Waals surface area contributed by atoms with E-state index >= 15 is 0 Å². The second-order valence-electron chi connectivity index (χ2n) is 6.95. The Bertz CT molecular complexity index is 597. The van der Waals surface area contributed by atoms with Crippen molar-refractivity contribution in [3.05, 3.63) is 35.4 Å². The molecule has 2 amide bonds. The van der Waals surface area contributed by atoms with E-state index in [9.17, 15) is 18.0 Å². The Balaban J connectivity index is 1.38. The van der Waals surface area contributed by atoms with Gasteiger partial charge in [0, 0.05) is 31.6 Å². The van der Waals surface area contributed by atoms with Crippen molar-refractivity contribution in [3.8, 4) is 0 Å². The van der Waals surface area contributed by atoms with Gasteiger partial charge in [-0.2, -0.15) is 13.2 Å². The smallest absolute Gasteiger partial charge is 0.338 e. The molecule has 1 aliphatic heterocycles. The molecule has 1 aliphatic carbocycles. The van der Waals surface area contributed by atoms with Crippen molar-refractivity contribution in [3.63, 3.8) is 0 Å². The average molecular weight is 355 g/mol. The summed E-state index contributed by atoms with van der Waals surface area (Å²) in [6, 6.07) is 8.02. The predicted octanol–water partition coefficient (Wildman–Crippen LogP) is 3.04. The molecule has 7 heteroatoms. The predicted molar refractivity (Wildman–Crippen MR) is 89.6 cm³/mol. The first-order valence-corrected chi connectivity index (χ1v) is 8.82. The van der Waals surface area contributed by atoms with Crippen molar-refractivity contribution in [1.82, 2.24) is 15.5 Å². The molecule has 3 rings (SSSR count). The molecule has 0 saturated carbocycles. The van der Waals surface area contributed by atoms with Gasteiger partial charge in [-0.15, -0.1) is 0 Å². The number of likely N-dealkylation sites (tertiary alicyclic amines) is 1. The summed E-state index contributed by atoms with van der Waals surface area (Å²) in [7, 11) is 0. The molecule has 2 aliphatic rings. The van der Waals surface area contributed by atoms with Crippen LogP contribution in [0.4, 0.5) is 18.0 Å². The zero-order chi connectivity index (χ0) is 17.9. The Labute approximate surface area is 145 Å². The van der Waals surface area contributed by atoms with E-state index in [4.69, 9.17) is 0 Å². The first kappa shape index (κ1) is 18.0. The lowest BCUT2D eigenvalue weighted by Crippen LogP contribution is -2.49. The first-order chi connectivity index (χ1) is 11.9. The molecule has 25 heavy (non-hydrogen) atoms. The van der Waals surface area contributed by atoms with Crippen LogP contribution in [0.1, 0.15) is 36.3 Å². The van der Waals surface area contributed by atoms with E-state index in [0.29, 0.717) is 38.4 Å². The van der Waals surface area contributed by atoms with E-state index in [1.807, 2.05) is 12.1 Å². The van der Waals surface area contributed by atoms with Crippen LogP contribution in [0.2, 0.25) is 0 Å². The lowest BCUT2D eigenvalue weighted by Gasteiger charge is -2.32. The summed E-state index contributed by atoms with van der Waals surface area (Å²) in [5, 5.41) is 5.81. The Kier molecular flexibility index (Phi) is 5.51. The third-order valence-corrected chi connectivity index (χ3v) is 5.09. The SMILES string of the molecule is O=C(NCC1CCc2ccccc21)NC1CCN(CC(F)(F)F)CC1. The van der Waals surface area contributed by atoms with E-state index in [0.717, 1.165) is 12.8 Å². The van der Waals surface area contributed by atoms with Gasteiger partial charge >= 0.3 is 12.2 Å². The van der Waals surface area contributed by atoms with Gasteiger partial charge in [0.15, 0.2) is 0 Å². The third-order valence-electron chi connectivity index (χ3n) is 5.09. The Morgan fingerprint density at radius 2 is 1.88 bits per heavy atom. The summed E-state index contributed by atoms with van der Waals surface area (Å²) in [4.78, 5) is 13.5. The summed E-state index contributed by atoms with van der Waals surface area (Å²) < 4.78 is 37.1. The van der Waals surface area contributed by atoms with Gasteiger partial charge < -0.3 is 10.6 Å². The summed E-state index contributed by atoms with van der Waals surface area (Å²) in [5.74, 6) is 0.343. The van der Waals surface area contributed by atoms with E-state index in [1.165, 1.54) is 16.0 Å². The molecule has 0 spiro atoms. The molecule has 0 aromatic heterocycles. The molecule has 2 N–H and O–H groups in total. The highest BCUT2D eigenvalue weighted by molar-refractivity contribution is 5.74. The van der Waals surface area contributed by atoms with Crippen molar-refractivity contribution in [2.45, 2.75) is 43.8 Å². The second-order valence-corrected chi connectivity index (χ2v) is 6.95. The highest BCUT2D eigenvalue weighted by Gasteiger charge is 2.32. The number of nitrogens with one attached hydrogen (secondary N) is 2. The fourth-order valence-electron chi connectivity index (χ4n) is 3.80.